The summed E-state index contributed by atoms with van der Waals surface area (Å²) in [6.45, 7) is 1.26. The molecule has 0 bridgehead atoms. The maximum Gasteiger partial charge on any atom is 0.210 e. The molecule has 20 heavy (non-hydrogen) atoms. The van der Waals surface area contributed by atoms with Gasteiger partial charge in [-0.05, 0) is 18.6 Å². The lowest BCUT2D eigenvalue weighted by atomic mass is 10.2. The van der Waals surface area contributed by atoms with E-state index in [-0.39, 0.29) is 0 Å². The number of nitrogens with zero attached hydrogens (tertiary/aromatic N) is 1. The van der Waals surface area contributed by atoms with E-state index in [1.54, 1.807) is 33.5 Å². The number of nitrogens with one attached hydrogen (secondary N) is 2. The van der Waals surface area contributed by atoms with Gasteiger partial charge in [0.2, 0.25) is 5.96 Å². The molecule has 0 unspecified atom stereocenters. The van der Waals surface area contributed by atoms with E-state index in [1.807, 2.05) is 6.07 Å². The Morgan fingerprint density at radius 2 is 2.05 bits per heavy atom. The van der Waals surface area contributed by atoms with E-state index in [9.17, 15) is 0 Å². The molecule has 0 atom stereocenters. The normalized spacial score (nSPS) is 11.1. The first kappa shape index (κ1) is 16.1. The average Bonchev–Trinajstić information content (AvgIpc) is 2.50. The average molecular weight is 282 g/mol. The Labute approximate surface area is 119 Å². The van der Waals surface area contributed by atoms with Crippen LogP contribution < -0.4 is 26.1 Å². The van der Waals surface area contributed by atoms with E-state index in [2.05, 4.69) is 15.7 Å². The van der Waals surface area contributed by atoms with Gasteiger partial charge in [0.25, 0.3) is 0 Å². The van der Waals surface area contributed by atoms with Crippen molar-refractivity contribution in [3.63, 3.8) is 0 Å². The zero-order valence-corrected chi connectivity index (χ0v) is 12.1. The van der Waals surface area contributed by atoms with E-state index < -0.39 is 0 Å². The first-order valence-corrected chi connectivity index (χ1v) is 6.24. The van der Waals surface area contributed by atoms with Crippen molar-refractivity contribution < 1.29 is 14.2 Å². The maximum atomic E-state index is 5.45. The lowest BCUT2D eigenvalue weighted by molar-refractivity contribution is 0.197. The number of guanidine groups is 1. The van der Waals surface area contributed by atoms with Crippen molar-refractivity contribution in [2.45, 2.75) is 6.42 Å². The molecular formula is C13H22N4O3. The fraction of sp³-hybridized carbons (Fsp3) is 0.462. The first-order chi connectivity index (χ1) is 9.74. The summed E-state index contributed by atoms with van der Waals surface area (Å²) in [6.07, 6.45) is 0.818. The fourth-order valence-electron chi connectivity index (χ4n) is 1.56. The number of anilines is 1. The molecule has 0 aliphatic rings. The van der Waals surface area contributed by atoms with Gasteiger partial charge in [0, 0.05) is 26.3 Å². The number of methoxy groups -OCH3 is 3. The zero-order chi connectivity index (χ0) is 14.8. The number of benzene rings is 1. The van der Waals surface area contributed by atoms with Gasteiger partial charge in [-0.3, -0.25) is 10.4 Å². The largest absolute Gasteiger partial charge is 0.497 e. The molecule has 0 radical (unpaired) electrons. The molecule has 1 aromatic rings. The molecule has 0 amide bonds. The van der Waals surface area contributed by atoms with E-state index in [0.717, 1.165) is 12.1 Å². The smallest absolute Gasteiger partial charge is 0.210 e. The quantitative estimate of drug-likeness (QED) is 0.227. The van der Waals surface area contributed by atoms with Gasteiger partial charge in [0.05, 0.1) is 19.9 Å². The number of nitrogens with two attached hydrogens (primary N) is 1. The van der Waals surface area contributed by atoms with Crippen molar-refractivity contribution in [1.29, 1.82) is 0 Å². The topological polar surface area (TPSA) is 90.1 Å². The zero-order valence-electron chi connectivity index (χ0n) is 12.1. The second kappa shape index (κ2) is 9.00. The van der Waals surface area contributed by atoms with Crippen molar-refractivity contribution in [1.82, 2.24) is 5.43 Å². The Balaban J connectivity index is 2.77. The van der Waals surface area contributed by atoms with Crippen LogP contribution in [0.15, 0.2) is 23.2 Å². The molecule has 0 spiro atoms. The molecule has 112 valence electrons. The van der Waals surface area contributed by atoms with Gasteiger partial charge >= 0.3 is 0 Å². The van der Waals surface area contributed by atoms with Crippen molar-refractivity contribution in [3.8, 4) is 11.5 Å². The summed E-state index contributed by atoms with van der Waals surface area (Å²) in [4.78, 5) is 4.30. The van der Waals surface area contributed by atoms with Crippen LogP contribution in [0.3, 0.4) is 0 Å². The van der Waals surface area contributed by atoms with Crippen LogP contribution in [0.5, 0.6) is 11.5 Å². The van der Waals surface area contributed by atoms with Crippen LogP contribution in [0.1, 0.15) is 6.42 Å². The highest BCUT2D eigenvalue weighted by atomic mass is 16.5. The van der Waals surface area contributed by atoms with Crippen LogP contribution in [-0.4, -0.2) is 40.4 Å². The second-order valence-corrected chi connectivity index (χ2v) is 3.91. The molecule has 1 rings (SSSR count). The molecule has 1 aromatic carbocycles. The molecule has 0 heterocycles. The van der Waals surface area contributed by atoms with Crippen LogP contribution in [0, 0.1) is 0 Å². The Morgan fingerprint density at radius 3 is 2.65 bits per heavy atom. The summed E-state index contributed by atoms with van der Waals surface area (Å²) in [5, 5.41) is 3.07. The van der Waals surface area contributed by atoms with Gasteiger partial charge in [0.15, 0.2) is 0 Å². The third kappa shape index (κ3) is 4.94. The SMILES string of the molecule is COCCCN=C(NN)Nc1cc(OC)ccc1OC. The van der Waals surface area contributed by atoms with E-state index in [4.69, 9.17) is 20.1 Å². The Hall–Kier alpha value is -1.99. The van der Waals surface area contributed by atoms with Gasteiger partial charge in [-0.2, -0.15) is 0 Å². The predicted molar refractivity (Wildman–Crippen MR) is 79.3 cm³/mol. The minimum absolute atomic E-state index is 0.452. The Bertz CT molecular complexity index is 438. The summed E-state index contributed by atoms with van der Waals surface area (Å²) in [6, 6.07) is 5.43. The van der Waals surface area contributed by atoms with Gasteiger partial charge < -0.3 is 19.5 Å². The van der Waals surface area contributed by atoms with Crippen LogP contribution >= 0.6 is 0 Å². The number of hydrogen-bond donors (Lipinski definition) is 3. The molecule has 0 aliphatic carbocycles. The van der Waals surface area contributed by atoms with E-state index in [0.29, 0.717) is 30.6 Å². The van der Waals surface area contributed by atoms with Gasteiger partial charge in [-0.1, -0.05) is 0 Å². The molecule has 7 heteroatoms. The van der Waals surface area contributed by atoms with Gasteiger partial charge in [-0.25, -0.2) is 5.84 Å². The number of aliphatic imine (C=N–C) groups is 1. The third-order valence-corrected chi connectivity index (χ3v) is 2.57. The standard InChI is InChI=1S/C13H22N4O3/c1-18-8-4-7-15-13(17-14)16-11-9-10(19-2)5-6-12(11)20-3/h5-6,9H,4,7-8,14H2,1-3H3,(H2,15,16,17). The van der Waals surface area contributed by atoms with Crippen molar-refractivity contribution in [2.24, 2.45) is 10.8 Å². The first-order valence-electron chi connectivity index (χ1n) is 6.24. The van der Waals surface area contributed by atoms with Gasteiger partial charge in [0.1, 0.15) is 11.5 Å². The molecule has 0 aliphatic heterocycles. The van der Waals surface area contributed by atoms with Crippen molar-refractivity contribution in [2.75, 3.05) is 39.8 Å². The Kier molecular flexibility index (Phi) is 7.23. The maximum absolute atomic E-state index is 5.45. The third-order valence-electron chi connectivity index (χ3n) is 2.57. The van der Waals surface area contributed by atoms with Crippen molar-refractivity contribution >= 4 is 11.6 Å². The molecule has 0 aromatic heterocycles. The summed E-state index contributed by atoms with van der Waals surface area (Å²) in [5.74, 6) is 7.29. The minimum atomic E-state index is 0.452. The highest BCUT2D eigenvalue weighted by Gasteiger charge is 2.07. The molecule has 0 saturated carbocycles. The highest BCUT2D eigenvalue weighted by molar-refractivity contribution is 5.94. The Morgan fingerprint density at radius 1 is 1.25 bits per heavy atom. The van der Waals surface area contributed by atoms with Crippen LogP contribution in [0.4, 0.5) is 5.69 Å². The highest BCUT2D eigenvalue weighted by Crippen LogP contribution is 2.28. The summed E-state index contributed by atoms with van der Waals surface area (Å²) < 4.78 is 15.4. The van der Waals surface area contributed by atoms with Crippen LogP contribution in [-0.2, 0) is 4.74 Å². The minimum Gasteiger partial charge on any atom is -0.497 e. The van der Waals surface area contributed by atoms with E-state index in [1.165, 1.54) is 0 Å². The summed E-state index contributed by atoms with van der Waals surface area (Å²) >= 11 is 0. The predicted octanol–water partition coefficient (Wildman–Crippen LogP) is 0.972. The molecular weight excluding hydrogens is 260 g/mol. The van der Waals surface area contributed by atoms with Gasteiger partial charge in [-0.15, -0.1) is 0 Å². The molecule has 0 saturated heterocycles. The van der Waals surface area contributed by atoms with Crippen LogP contribution in [0.25, 0.3) is 0 Å². The number of ether oxygens (including phenoxy) is 3. The molecule has 7 nitrogen and oxygen atoms in total. The monoisotopic (exact) mass is 282 g/mol. The van der Waals surface area contributed by atoms with E-state index >= 15 is 0 Å². The lowest BCUT2D eigenvalue weighted by Crippen LogP contribution is -2.36. The molecule has 0 fully saturated rings. The number of hydrazine groups is 1. The fourth-order valence-corrected chi connectivity index (χ4v) is 1.56. The van der Waals surface area contributed by atoms with Crippen LogP contribution in [0.2, 0.25) is 0 Å². The molecule has 4 N–H and O–H groups in total. The lowest BCUT2D eigenvalue weighted by Gasteiger charge is -2.13. The number of hydrogen-bond acceptors (Lipinski definition) is 5. The summed E-state index contributed by atoms with van der Waals surface area (Å²) in [5.41, 5.74) is 3.24. The van der Waals surface area contributed by atoms with Crippen molar-refractivity contribution in [3.05, 3.63) is 18.2 Å². The second-order valence-electron chi connectivity index (χ2n) is 3.91. The number of rotatable bonds is 7. The summed E-state index contributed by atoms with van der Waals surface area (Å²) in [7, 11) is 4.86.